The number of fused-ring (bicyclic) bond motifs is 1. The molecule has 1 N–H and O–H groups in total. The highest BCUT2D eigenvalue weighted by atomic mass is 16.3. The molecule has 0 saturated heterocycles. The van der Waals surface area contributed by atoms with Crippen LogP contribution in [0, 0.1) is 22.7 Å². The standard InChI is InChI=1S/C11H17NO2/c13-11-4-7-1-8(5-11)3-10(12-14)9(2-7)6-11/h7-10,13H,1-6H2. The van der Waals surface area contributed by atoms with Crippen molar-refractivity contribution in [3.05, 3.63) is 4.91 Å². The van der Waals surface area contributed by atoms with Crippen LogP contribution in [0.25, 0.3) is 0 Å². The molecule has 0 radical (unpaired) electrons. The van der Waals surface area contributed by atoms with Gasteiger partial charge >= 0.3 is 0 Å². The van der Waals surface area contributed by atoms with Crippen LogP contribution in [0.4, 0.5) is 0 Å². The van der Waals surface area contributed by atoms with Crippen LogP contribution in [0.5, 0.6) is 0 Å². The van der Waals surface area contributed by atoms with Gasteiger partial charge in [-0.2, -0.15) is 4.91 Å². The van der Waals surface area contributed by atoms with Crippen molar-refractivity contribution in [3.8, 4) is 0 Å². The van der Waals surface area contributed by atoms with Gasteiger partial charge in [0.15, 0.2) is 0 Å². The normalized spacial score (nSPS) is 55.8. The second kappa shape index (κ2) is 2.78. The molecule has 0 heterocycles. The maximum absolute atomic E-state index is 10.7. The van der Waals surface area contributed by atoms with E-state index in [-0.39, 0.29) is 6.04 Å². The number of nitrogens with zero attached hydrogens (tertiary/aromatic N) is 1. The average Bonchev–Trinajstić information content (AvgIpc) is 2.26. The third-order valence-corrected chi connectivity index (χ3v) is 4.54. The van der Waals surface area contributed by atoms with Crippen molar-refractivity contribution in [1.29, 1.82) is 0 Å². The van der Waals surface area contributed by atoms with Crippen molar-refractivity contribution < 1.29 is 5.11 Å². The first-order valence-electron chi connectivity index (χ1n) is 5.73. The summed E-state index contributed by atoms with van der Waals surface area (Å²) in [6, 6.07) is -0.000625. The molecule has 0 aromatic rings. The molecule has 4 aliphatic rings. The lowest BCUT2D eigenvalue weighted by Crippen LogP contribution is -2.43. The molecular weight excluding hydrogens is 178 g/mol. The van der Waals surface area contributed by atoms with E-state index in [0.717, 1.165) is 32.1 Å². The maximum atomic E-state index is 10.7. The summed E-state index contributed by atoms with van der Waals surface area (Å²) in [5.41, 5.74) is -0.435. The van der Waals surface area contributed by atoms with E-state index in [2.05, 4.69) is 5.18 Å². The van der Waals surface area contributed by atoms with Gasteiger partial charge in [-0.25, -0.2) is 0 Å². The monoisotopic (exact) mass is 195 g/mol. The van der Waals surface area contributed by atoms with E-state index in [4.69, 9.17) is 0 Å². The van der Waals surface area contributed by atoms with Crippen LogP contribution in [-0.2, 0) is 0 Å². The molecule has 0 spiro atoms. The van der Waals surface area contributed by atoms with E-state index in [1.807, 2.05) is 0 Å². The summed E-state index contributed by atoms with van der Waals surface area (Å²) in [7, 11) is 0. The Balaban J connectivity index is 1.95. The summed E-state index contributed by atoms with van der Waals surface area (Å²) in [6.45, 7) is 0. The summed E-state index contributed by atoms with van der Waals surface area (Å²) >= 11 is 0. The van der Waals surface area contributed by atoms with Gasteiger partial charge in [-0.05, 0) is 56.3 Å². The summed E-state index contributed by atoms with van der Waals surface area (Å²) in [5, 5.41) is 13.6. The zero-order chi connectivity index (χ0) is 9.76. The molecule has 3 heteroatoms. The zero-order valence-corrected chi connectivity index (χ0v) is 8.35. The van der Waals surface area contributed by atoms with Crippen LogP contribution in [0.15, 0.2) is 5.18 Å². The van der Waals surface area contributed by atoms with Crippen LogP contribution in [-0.4, -0.2) is 16.7 Å². The Morgan fingerprint density at radius 1 is 1.07 bits per heavy atom. The Morgan fingerprint density at radius 3 is 2.43 bits per heavy atom. The van der Waals surface area contributed by atoms with Gasteiger partial charge in [0.2, 0.25) is 0 Å². The quantitative estimate of drug-likeness (QED) is 0.651. The van der Waals surface area contributed by atoms with Crippen molar-refractivity contribution in [1.82, 2.24) is 0 Å². The predicted molar refractivity (Wildman–Crippen MR) is 52.7 cm³/mol. The van der Waals surface area contributed by atoms with Gasteiger partial charge in [0.1, 0.15) is 0 Å². The largest absolute Gasteiger partial charge is 0.390 e. The van der Waals surface area contributed by atoms with Crippen LogP contribution in [0.2, 0.25) is 0 Å². The Kier molecular flexibility index (Phi) is 1.76. The van der Waals surface area contributed by atoms with Crippen molar-refractivity contribution >= 4 is 0 Å². The molecule has 0 aromatic carbocycles. The van der Waals surface area contributed by atoms with E-state index in [0.29, 0.717) is 17.8 Å². The Labute approximate surface area is 83.9 Å². The van der Waals surface area contributed by atoms with Crippen LogP contribution in [0.1, 0.15) is 38.5 Å². The van der Waals surface area contributed by atoms with Gasteiger partial charge in [0.05, 0.1) is 11.6 Å². The second-order valence-electron chi connectivity index (χ2n) is 5.71. The molecule has 0 aliphatic heterocycles. The van der Waals surface area contributed by atoms with E-state index in [1.165, 1.54) is 6.42 Å². The Morgan fingerprint density at radius 2 is 1.79 bits per heavy atom. The highest BCUT2D eigenvalue weighted by Gasteiger charge is 2.50. The fourth-order valence-electron chi connectivity index (χ4n) is 4.28. The van der Waals surface area contributed by atoms with Gasteiger partial charge < -0.3 is 5.11 Å². The minimum atomic E-state index is -0.435. The van der Waals surface area contributed by atoms with E-state index < -0.39 is 5.60 Å². The molecule has 4 saturated carbocycles. The molecule has 14 heavy (non-hydrogen) atoms. The van der Waals surface area contributed by atoms with Gasteiger partial charge in [-0.1, -0.05) is 5.18 Å². The summed E-state index contributed by atoms with van der Waals surface area (Å²) in [5.74, 6) is 1.61. The van der Waals surface area contributed by atoms with Gasteiger partial charge in [-0.3, -0.25) is 0 Å². The minimum absolute atomic E-state index is 0.000625. The molecule has 5 atom stereocenters. The molecule has 0 aromatic heterocycles. The number of nitroso groups, excluding NO2 is 1. The van der Waals surface area contributed by atoms with E-state index in [9.17, 15) is 10.0 Å². The van der Waals surface area contributed by atoms with Gasteiger partial charge in [0.25, 0.3) is 0 Å². The lowest BCUT2D eigenvalue weighted by Gasteiger charge is -2.44. The molecule has 78 valence electrons. The van der Waals surface area contributed by atoms with E-state index >= 15 is 0 Å². The molecule has 4 fully saturated rings. The first-order valence-corrected chi connectivity index (χ1v) is 5.73. The first-order chi connectivity index (χ1) is 6.68. The molecule has 4 rings (SSSR count). The minimum Gasteiger partial charge on any atom is -0.390 e. The summed E-state index contributed by atoms with van der Waals surface area (Å²) in [6.07, 6.45) is 6.03. The highest BCUT2D eigenvalue weighted by molar-refractivity contribution is 5.03. The van der Waals surface area contributed by atoms with Crippen molar-refractivity contribution in [3.63, 3.8) is 0 Å². The lowest BCUT2D eigenvalue weighted by atomic mass is 9.65. The molecular formula is C11H17NO2. The molecule has 4 bridgehead atoms. The fraction of sp³-hybridized carbons (Fsp3) is 1.00. The predicted octanol–water partition coefficient (Wildman–Crippen LogP) is 2.08. The third kappa shape index (κ3) is 1.22. The molecule has 5 unspecified atom stereocenters. The van der Waals surface area contributed by atoms with Crippen LogP contribution >= 0.6 is 0 Å². The first kappa shape index (κ1) is 8.84. The Hall–Kier alpha value is -0.440. The average molecular weight is 195 g/mol. The number of hydrogen-bond donors (Lipinski definition) is 1. The van der Waals surface area contributed by atoms with Crippen LogP contribution < -0.4 is 0 Å². The van der Waals surface area contributed by atoms with Crippen LogP contribution in [0.3, 0.4) is 0 Å². The third-order valence-electron chi connectivity index (χ3n) is 4.54. The Bertz CT molecular complexity index is 268. The molecule has 0 amide bonds. The number of rotatable bonds is 1. The SMILES string of the molecule is O=NC1CC2CC3CC1CC(O)(C3)C2. The van der Waals surface area contributed by atoms with Crippen molar-refractivity contribution in [2.24, 2.45) is 22.9 Å². The molecule has 4 aliphatic carbocycles. The number of aliphatic hydroxyl groups is 1. The molecule has 3 nitrogen and oxygen atoms in total. The maximum Gasteiger partial charge on any atom is 0.0951 e. The van der Waals surface area contributed by atoms with Gasteiger partial charge in [0, 0.05) is 0 Å². The summed E-state index contributed by atoms with van der Waals surface area (Å²) in [4.78, 5) is 10.7. The van der Waals surface area contributed by atoms with Crippen molar-refractivity contribution in [2.75, 3.05) is 0 Å². The lowest BCUT2D eigenvalue weighted by molar-refractivity contribution is -0.0714. The van der Waals surface area contributed by atoms with E-state index in [1.54, 1.807) is 0 Å². The second-order valence-corrected chi connectivity index (χ2v) is 5.71. The van der Waals surface area contributed by atoms with Gasteiger partial charge in [-0.15, -0.1) is 0 Å². The summed E-state index contributed by atoms with van der Waals surface area (Å²) < 4.78 is 0. The smallest absolute Gasteiger partial charge is 0.0951 e. The highest BCUT2D eigenvalue weighted by Crippen LogP contribution is 2.53. The topological polar surface area (TPSA) is 49.7 Å². The van der Waals surface area contributed by atoms with Crippen molar-refractivity contribution in [2.45, 2.75) is 50.2 Å². The fourth-order valence-corrected chi connectivity index (χ4v) is 4.28. The number of hydrogen-bond acceptors (Lipinski definition) is 3. The zero-order valence-electron chi connectivity index (χ0n) is 8.35.